The molecule has 5 aliphatic rings. The summed E-state index contributed by atoms with van der Waals surface area (Å²) in [7, 11) is -2.37. The molecule has 48 heavy (non-hydrogen) atoms. The lowest BCUT2D eigenvalue weighted by Gasteiger charge is -2.43. The molecule has 16 nitrogen and oxygen atoms in total. The fourth-order valence-electron chi connectivity index (χ4n) is 7.32. The van der Waals surface area contributed by atoms with Gasteiger partial charge in [-0.15, -0.1) is 0 Å². The molecule has 4 heterocycles. The summed E-state index contributed by atoms with van der Waals surface area (Å²) in [6.45, 7) is 2.26. The number of cyclic esters (lactones) is 1. The van der Waals surface area contributed by atoms with Gasteiger partial charge < -0.3 is 57.4 Å². The number of hydrogen-bond donors (Lipinski definition) is 4. The second kappa shape index (κ2) is 12.9. The Morgan fingerprint density at radius 1 is 0.896 bits per heavy atom. The molecule has 0 radical (unpaired) electrons. The normalized spacial score (nSPS) is 33.9. The summed E-state index contributed by atoms with van der Waals surface area (Å²) in [5, 5.41) is 21.9. The first-order valence-electron chi connectivity index (χ1n) is 15.4. The molecule has 0 spiro atoms. The lowest BCUT2D eigenvalue weighted by Crippen LogP contribution is -2.59. The fraction of sp³-hybridized carbons (Fsp3) is 0.581. The number of ether oxygens (including phenoxy) is 9. The summed E-state index contributed by atoms with van der Waals surface area (Å²) in [6, 6.07) is 6.69. The number of methoxy groups -OCH3 is 2. The molecule has 1 aliphatic carbocycles. The summed E-state index contributed by atoms with van der Waals surface area (Å²) >= 11 is 0. The number of phosphoric acid groups is 1. The van der Waals surface area contributed by atoms with E-state index in [1.54, 1.807) is 6.07 Å². The van der Waals surface area contributed by atoms with Gasteiger partial charge in [0.1, 0.15) is 24.4 Å². The number of rotatable bonds is 8. The van der Waals surface area contributed by atoms with Crippen LogP contribution in [0.5, 0.6) is 28.7 Å². The Bertz CT molecular complexity index is 1570. The zero-order chi connectivity index (χ0) is 33.9. The van der Waals surface area contributed by atoms with Crippen molar-refractivity contribution in [3.8, 4) is 28.7 Å². The molecule has 2 aromatic carbocycles. The molecule has 4 aliphatic heterocycles. The van der Waals surface area contributed by atoms with Crippen LogP contribution in [0, 0.1) is 11.8 Å². The molecule has 17 heteroatoms. The third kappa shape index (κ3) is 5.99. The van der Waals surface area contributed by atoms with Gasteiger partial charge in [-0.2, -0.15) is 0 Å². The summed E-state index contributed by atoms with van der Waals surface area (Å²) < 4.78 is 68.4. The molecule has 2 aromatic rings. The summed E-state index contributed by atoms with van der Waals surface area (Å²) in [6.07, 6.45) is -5.61. The van der Waals surface area contributed by atoms with Gasteiger partial charge in [0.25, 0.3) is 0 Å². The van der Waals surface area contributed by atoms with Gasteiger partial charge in [-0.1, -0.05) is 0 Å². The molecule has 0 amide bonds. The molecule has 0 bridgehead atoms. The monoisotopic (exact) mass is 696 g/mol. The maximum atomic E-state index is 13.5. The van der Waals surface area contributed by atoms with E-state index >= 15 is 0 Å². The van der Waals surface area contributed by atoms with Crippen molar-refractivity contribution in [3.05, 3.63) is 41.0 Å². The van der Waals surface area contributed by atoms with Crippen LogP contribution in [0.1, 0.15) is 35.4 Å². The quantitative estimate of drug-likeness (QED) is 0.226. The number of carbonyl (C=O) groups is 1. The minimum absolute atomic E-state index is 0.000323. The Morgan fingerprint density at radius 3 is 2.25 bits per heavy atom. The predicted molar refractivity (Wildman–Crippen MR) is 159 cm³/mol. The third-order valence-corrected chi connectivity index (χ3v) is 9.96. The van der Waals surface area contributed by atoms with Crippen molar-refractivity contribution in [1.29, 1.82) is 0 Å². The lowest BCUT2D eigenvalue weighted by atomic mass is 9.63. The van der Waals surface area contributed by atoms with Gasteiger partial charge in [-0.3, -0.25) is 14.6 Å². The van der Waals surface area contributed by atoms with Crippen molar-refractivity contribution < 1.29 is 76.5 Å². The van der Waals surface area contributed by atoms with Crippen LogP contribution in [-0.2, 0) is 33.0 Å². The van der Waals surface area contributed by atoms with Crippen LogP contribution in [0.3, 0.4) is 0 Å². The van der Waals surface area contributed by atoms with Crippen molar-refractivity contribution in [3.63, 3.8) is 0 Å². The van der Waals surface area contributed by atoms with Crippen molar-refractivity contribution in [2.24, 2.45) is 11.8 Å². The van der Waals surface area contributed by atoms with Gasteiger partial charge in [-0.25, -0.2) is 4.57 Å². The highest BCUT2D eigenvalue weighted by molar-refractivity contribution is 7.46. The largest absolute Gasteiger partial charge is 0.525 e. The van der Waals surface area contributed by atoms with E-state index in [0.717, 1.165) is 5.56 Å². The maximum Gasteiger partial charge on any atom is 0.525 e. The van der Waals surface area contributed by atoms with Crippen molar-refractivity contribution >= 4 is 13.8 Å². The second-order valence-electron chi connectivity index (χ2n) is 12.4. The molecule has 7 rings (SSSR count). The summed E-state index contributed by atoms with van der Waals surface area (Å²) in [4.78, 5) is 32.6. The Balaban J connectivity index is 1.26. The van der Waals surface area contributed by atoms with Crippen LogP contribution in [0.25, 0.3) is 0 Å². The molecule has 0 aromatic heterocycles. The Labute approximate surface area is 274 Å². The third-order valence-electron chi connectivity index (χ3n) is 9.54. The Hall–Kier alpha value is -3.18. The van der Waals surface area contributed by atoms with Crippen LogP contribution in [0.15, 0.2) is 24.3 Å². The van der Waals surface area contributed by atoms with E-state index in [2.05, 4.69) is 0 Å². The van der Waals surface area contributed by atoms with E-state index in [-0.39, 0.29) is 56.6 Å². The highest BCUT2D eigenvalue weighted by Gasteiger charge is 2.54. The average molecular weight is 697 g/mol. The van der Waals surface area contributed by atoms with E-state index < -0.39 is 68.2 Å². The van der Waals surface area contributed by atoms with Crippen LogP contribution >= 0.6 is 7.82 Å². The van der Waals surface area contributed by atoms with Crippen LogP contribution in [0.2, 0.25) is 0 Å². The minimum Gasteiger partial charge on any atom is -0.493 e. The van der Waals surface area contributed by atoms with Crippen LogP contribution in [0.4, 0.5) is 0 Å². The zero-order valence-corrected chi connectivity index (χ0v) is 27.1. The van der Waals surface area contributed by atoms with Gasteiger partial charge in [-0.05, 0) is 47.9 Å². The van der Waals surface area contributed by atoms with Crippen LogP contribution < -0.4 is 23.5 Å². The number of aliphatic hydroxyl groups is 2. The van der Waals surface area contributed by atoms with Crippen molar-refractivity contribution in [2.75, 3.05) is 47.4 Å². The van der Waals surface area contributed by atoms with Gasteiger partial charge in [0.15, 0.2) is 29.3 Å². The molecule has 0 saturated carbocycles. The molecule has 6 unspecified atom stereocenters. The molecule has 4 N–H and O–H groups in total. The van der Waals surface area contributed by atoms with Gasteiger partial charge in [0.05, 0.1) is 52.7 Å². The number of fused-ring (bicyclic) bond motifs is 4. The van der Waals surface area contributed by atoms with Crippen LogP contribution in [-0.4, -0.2) is 110 Å². The number of aliphatic hydroxyl groups excluding tert-OH is 2. The van der Waals surface area contributed by atoms with E-state index in [0.29, 0.717) is 22.6 Å². The van der Waals surface area contributed by atoms with E-state index in [1.807, 2.05) is 13.0 Å². The van der Waals surface area contributed by atoms with E-state index in [1.165, 1.54) is 26.4 Å². The van der Waals surface area contributed by atoms with E-state index in [9.17, 15) is 29.4 Å². The summed E-state index contributed by atoms with van der Waals surface area (Å²) in [5.74, 6) is -2.13. The molecular formula is C31H37O16P. The van der Waals surface area contributed by atoms with Gasteiger partial charge in [0.2, 0.25) is 12.5 Å². The molecule has 10 atom stereocenters. The predicted octanol–water partition coefficient (Wildman–Crippen LogP) is 1.19. The average Bonchev–Trinajstić information content (AvgIpc) is 3.62. The fourth-order valence-corrected chi connectivity index (χ4v) is 7.73. The Morgan fingerprint density at radius 2 is 1.58 bits per heavy atom. The minimum atomic E-state index is -4.99. The van der Waals surface area contributed by atoms with Crippen molar-refractivity contribution in [2.45, 2.75) is 55.6 Å². The number of benzene rings is 2. The highest BCUT2D eigenvalue weighted by atomic mass is 31.2. The van der Waals surface area contributed by atoms with Gasteiger partial charge in [0, 0.05) is 17.8 Å². The highest BCUT2D eigenvalue weighted by Crippen LogP contribution is 2.57. The van der Waals surface area contributed by atoms with E-state index in [4.69, 9.17) is 47.2 Å². The molecule has 3 saturated heterocycles. The maximum absolute atomic E-state index is 13.5. The number of hydrogen-bond acceptors (Lipinski definition) is 14. The first kappa shape index (κ1) is 33.3. The smallest absolute Gasteiger partial charge is 0.493 e. The first-order chi connectivity index (χ1) is 23.0. The Kier molecular flexibility index (Phi) is 8.98. The first-order valence-corrected chi connectivity index (χ1v) is 17.0. The molecule has 3 fully saturated rings. The number of esters is 1. The van der Waals surface area contributed by atoms with Crippen molar-refractivity contribution in [1.82, 2.24) is 0 Å². The number of phosphoric ester groups is 1. The second-order valence-corrected chi connectivity index (χ2v) is 13.5. The molecule has 262 valence electrons. The summed E-state index contributed by atoms with van der Waals surface area (Å²) in [5.41, 5.74) is 1.97. The zero-order valence-electron chi connectivity index (χ0n) is 26.3. The standard InChI is InChI=1S/C31H37O16P/c1-13-8-41-29-23(11-40-13)46-31(27(33)26(29)32)43-9-17-15-6-19-20(45-12-44-19)7-16(15)24(25-18(17)10-42-30(25)34)14-4-21(38-2)28(22(5-14)39-3)47-48(35,36)37/h4-7,13,17-18,23-27,29,31-33H,8-12H2,1-3H3,(H2,35,36,37)/t13-,17+,18+,23?,24+,25?,26?,27?,29?,31?/m0/s1. The SMILES string of the molecule is COc1cc([C@@H]2c3cc4c(cc3[C@@H](COC3OC5CO[C@@H](C)COC5C(O)C3O)[C@H]3COC(=O)C23)OCO4)cc(OC)c1OP(=O)(O)O. The lowest BCUT2D eigenvalue weighted by molar-refractivity contribution is -0.303. The van der Waals surface area contributed by atoms with Gasteiger partial charge >= 0.3 is 13.8 Å². The molecular weight excluding hydrogens is 659 g/mol. The number of carbonyl (C=O) groups excluding carboxylic acids is 1. The topological polar surface area (TPSA) is 207 Å².